The third-order valence-electron chi connectivity index (χ3n) is 7.65. The summed E-state index contributed by atoms with van der Waals surface area (Å²) in [4.78, 5) is 30.4. The van der Waals surface area contributed by atoms with Gasteiger partial charge in [-0.2, -0.15) is 0 Å². The maximum Gasteiger partial charge on any atom is 0.407 e. The number of likely N-dealkylation sites (N-methyl/N-ethyl adjacent to an activating group) is 1. The molecule has 0 atom stereocenters. The van der Waals surface area contributed by atoms with Gasteiger partial charge in [0.2, 0.25) is 5.78 Å². The number of phenols is 1. The summed E-state index contributed by atoms with van der Waals surface area (Å²) in [5.74, 6) is 0.385. The molecular weight excluding hydrogens is 500 g/mol. The number of aromatic nitrogens is 1. The van der Waals surface area contributed by atoms with Crippen molar-refractivity contribution in [3.8, 4) is 17.2 Å². The molecule has 2 aromatic carbocycles. The fourth-order valence-electron chi connectivity index (χ4n) is 5.31. The normalized spacial score (nSPS) is 17.0. The number of piperazine rings is 1. The number of amides is 1. The molecule has 1 amide bonds. The molecule has 5 rings (SSSR count). The van der Waals surface area contributed by atoms with Crippen molar-refractivity contribution in [3.05, 3.63) is 58.5 Å². The summed E-state index contributed by atoms with van der Waals surface area (Å²) in [6.45, 7) is 7.99. The van der Waals surface area contributed by atoms with Crippen molar-refractivity contribution < 1.29 is 29.3 Å². The molecule has 2 aliphatic heterocycles. The number of methoxy groups -OCH3 is 1. The van der Waals surface area contributed by atoms with Gasteiger partial charge >= 0.3 is 6.09 Å². The largest absolute Gasteiger partial charge is 0.507 e. The summed E-state index contributed by atoms with van der Waals surface area (Å²) >= 11 is 0. The fourth-order valence-corrected chi connectivity index (χ4v) is 5.31. The molecule has 0 radical (unpaired) electrons. The minimum absolute atomic E-state index is 0.0481. The van der Waals surface area contributed by atoms with Crippen LogP contribution in [0.25, 0.3) is 17.0 Å². The number of fused-ring (bicyclic) bond motifs is 2. The predicted molar refractivity (Wildman–Crippen MR) is 148 cm³/mol. The van der Waals surface area contributed by atoms with E-state index in [1.165, 1.54) is 13.1 Å². The highest BCUT2D eigenvalue weighted by Gasteiger charge is 2.32. The van der Waals surface area contributed by atoms with Crippen LogP contribution in [0.2, 0.25) is 0 Å². The van der Waals surface area contributed by atoms with Gasteiger partial charge in [0.05, 0.1) is 7.11 Å². The van der Waals surface area contributed by atoms with E-state index < -0.39 is 11.9 Å². The number of rotatable bonds is 7. The summed E-state index contributed by atoms with van der Waals surface area (Å²) in [7, 11) is 5.20. The lowest BCUT2D eigenvalue weighted by molar-refractivity contribution is 0.101. The van der Waals surface area contributed by atoms with Crippen LogP contribution < -0.4 is 9.47 Å². The molecule has 206 valence electrons. The molecule has 3 heterocycles. The molecule has 0 bridgehead atoms. The third kappa shape index (κ3) is 5.17. The van der Waals surface area contributed by atoms with E-state index in [1.54, 1.807) is 19.3 Å². The second-order valence-electron chi connectivity index (χ2n) is 10.2. The average molecular weight is 535 g/mol. The Morgan fingerprint density at radius 2 is 1.90 bits per heavy atom. The number of allylic oxidation sites excluding steroid dienone is 1. The van der Waals surface area contributed by atoms with Gasteiger partial charge < -0.3 is 34.1 Å². The molecule has 0 unspecified atom stereocenters. The molecule has 1 saturated heterocycles. The molecule has 10 heteroatoms. The summed E-state index contributed by atoms with van der Waals surface area (Å²) < 4.78 is 13.7. The van der Waals surface area contributed by atoms with Crippen molar-refractivity contribution >= 4 is 28.9 Å². The van der Waals surface area contributed by atoms with E-state index in [2.05, 4.69) is 21.4 Å². The van der Waals surface area contributed by atoms with E-state index in [0.29, 0.717) is 11.3 Å². The number of nitrogens with zero attached hydrogens (tertiary/aromatic N) is 4. The van der Waals surface area contributed by atoms with Crippen LogP contribution in [0.4, 0.5) is 4.79 Å². The Hall–Kier alpha value is -4.02. The minimum atomic E-state index is -1.09. The van der Waals surface area contributed by atoms with Crippen LogP contribution in [0.15, 0.2) is 36.1 Å². The third-order valence-corrected chi connectivity index (χ3v) is 7.65. The molecule has 0 spiro atoms. The number of benzene rings is 2. The highest BCUT2D eigenvalue weighted by atomic mass is 16.5. The smallest absolute Gasteiger partial charge is 0.407 e. The van der Waals surface area contributed by atoms with Gasteiger partial charge in [0.25, 0.3) is 0 Å². The Bertz CT molecular complexity index is 1470. The van der Waals surface area contributed by atoms with Gasteiger partial charge in [-0.05, 0) is 55.9 Å². The highest BCUT2D eigenvalue weighted by Crippen LogP contribution is 2.40. The van der Waals surface area contributed by atoms with Gasteiger partial charge in [0.1, 0.15) is 22.8 Å². The zero-order valence-electron chi connectivity index (χ0n) is 22.7. The number of ether oxygens (including phenoxy) is 2. The van der Waals surface area contributed by atoms with E-state index in [0.717, 1.165) is 66.3 Å². The van der Waals surface area contributed by atoms with Crippen molar-refractivity contribution in [1.82, 2.24) is 19.3 Å². The van der Waals surface area contributed by atoms with Gasteiger partial charge in [0.15, 0.2) is 5.76 Å². The van der Waals surface area contributed by atoms with Gasteiger partial charge in [0, 0.05) is 75.0 Å². The van der Waals surface area contributed by atoms with Crippen LogP contribution in [-0.4, -0.2) is 95.3 Å². The molecule has 10 nitrogen and oxygen atoms in total. The molecule has 1 aromatic heterocycles. The Kier molecular flexibility index (Phi) is 7.24. The lowest BCUT2D eigenvalue weighted by atomic mass is 10.0. The van der Waals surface area contributed by atoms with Crippen LogP contribution in [0, 0.1) is 6.92 Å². The summed E-state index contributed by atoms with van der Waals surface area (Å²) in [6, 6.07) is 8.94. The molecule has 2 N–H and O–H groups in total. The monoisotopic (exact) mass is 534 g/mol. The fraction of sp³-hybridized carbons (Fsp3) is 0.379. The number of carboxylic acid groups (broad SMARTS) is 1. The second-order valence-corrected chi connectivity index (χ2v) is 10.2. The van der Waals surface area contributed by atoms with Crippen LogP contribution in [-0.2, 0) is 13.1 Å². The number of aromatic hydroxyl groups is 1. The first-order valence-corrected chi connectivity index (χ1v) is 13.0. The number of ketones is 1. The molecule has 0 saturated carbocycles. The Balaban J connectivity index is 1.48. The number of Topliss-reactive ketones (excluding diaryl/α,β-unsaturated/α-hetero) is 1. The maximum absolute atomic E-state index is 13.3. The summed E-state index contributed by atoms with van der Waals surface area (Å²) in [5, 5.41) is 20.7. The predicted octanol–water partition coefficient (Wildman–Crippen LogP) is 3.64. The molecule has 2 aliphatic rings. The van der Waals surface area contributed by atoms with Gasteiger partial charge in [-0.1, -0.05) is 0 Å². The second kappa shape index (κ2) is 10.6. The first-order chi connectivity index (χ1) is 18.7. The zero-order valence-corrected chi connectivity index (χ0v) is 22.7. The standard InChI is InChI=1S/C29H34N4O6/c1-18-21(16-26-28(35)27-24(34)13-19(14-25(27)39-26)17-31(3)29(36)37)22-15-20(38-4)5-6-23(22)33(18)12-11-32-9-7-30(2)8-10-32/h5-6,13-16,34H,7-12,17H2,1-4H3,(H,36,37). The average Bonchev–Trinajstić information content (AvgIpc) is 3.36. The van der Waals surface area contributed by atoms with E-state index in [9.17, 15) is 19.8 Å². The first kappa shape index (κ1) is 26.6. The molecule has 1 fully saturated rings. The lowest BCUT2D eigenvalue weighted by Crippen LogP contribution is -2.45. The SMILES string of the molecule is COc1ccc2c(c1)c(C=C1Oc3cc(CN(C)C(=O)O)cc(O)c3C1=O)c(C)n2CCN1CCN(C)CC1. The number of phenolic OH excluding ortho intramolecular Hbond substituents is 1. The van der Waals surface area contributed by atoms with E-state index in [1.807, 2.05) is 25.1 Å². The number of carbonyl (C=O) groups excluding carboxylic acids is 1. The van der Waals surface area contributed by atoms with Crippen LogP contribution in [0.1, 0.15) is 27.2 Å². The number of hydrogen-bond donors (Lipinski definition) is 2. The van der Waals surface area contributed by atoms with E-state index in [4.69, 9.17) is 9.47 Å². The zero-order chi connectivity index (χ0) is 27.8. The lowest BCUT2D eigenvalue weighted by Gasteiger charge is -2.32. The molecular formula is C29H34N4O6. The molecule has 39 heavy (non-hydrogen) atoms. The van der Waals surface area contributed by atoms with Crippen molar-refractivity contribution in [2.45, 2.75) is 20.0 Å². The number of carbonyl (C=O) groups is 2. The summed E-state index contributed by atoms with van der Waals surface area (Å²) in [6.07, 6.45) is 0.636. The highest BCUT2D eigenvalue weighted by molar-refractivity contribution is 6.16. The van der Waals surface area contributed by atoms with Gasteiger partial charge in [-0.15, -0.1) is 0 Å². The van der Waals surface area contributed by atoms with Crippen LogP contribution >= 0.6 is 0 Å². The van der Waals surface area contributed by atoms with E-state index in [-0.39, 0.29) is 29.4 Å². The number of hydrogen-bond acceptors (Lipinski definition) is 7. The first-order valence-electron chi connectivity index (χ1n) is 13.0. The maximum atomic E-state index is 13.3. The van der Waals surface area contributed by atoms with Crippen LogP contribution in [0.3, 0.4) is 0 Å². The Morgan fingerprint density at radius 1 is 1.15 bits per heavy atom. The molecule has 3 aromatic rings. The summed E-state index contributed by atoms with van der Waals surface area (Å²) in [5.41, 5.74) is 3.49. The van der Waals surface area contributed by atoms with Crippen LogP contribution in [0.5, 0.6) is 17.2 Å². The van der Waals surface area contributed by atoms with Crippen molar-refractivity contribution in [3.63, 3.8) is 0 Å². The van der Waals surface area contributed by atoms with Crippen molar-refractivity contribution in [1.29, 1.82) is 0 Å². The Morgan fingerprint density at radius 3 is 2.59 bits per heavy atom. The quantitative estimate of drug-likeness (QED) is 0.443. The molecule has 0 aliphatic carbocycles. The van der Waals surface area contributed by atoms with E-state index >= 15 is 0 Å². The van der Waals surface area contributed by atoms with Gasteiger partial charge in [-0.25, -0.2) is 4.79 Å². The van der Waals surface area contributed by atoms with Crippen molar-refractivity contribution in [2.75, 3.05) is 53.9 Å². The Labute approximate surface area is 227 Å². The van der Waals surface area contributed by atoms with Crippen molar-refractivity contribution in [2.24, 2.45) is 0 Å². The van der Waals surface area contributed by atoms with Gasteiger partial charge in [-0.3, -0.25) is 9.69 Å². The topological polar surface area (TPSA) is 108 Å². The minimum Gasteiger partial charge on any atom is -0.507 e.